The first-order valence-corrected chi connectivity index (χ1v) is 6.46. The molecule has 110 valence electrons. The van der Waals surface area contributed by atoms with Crippen LogP contribution in [-0.2, 0) is 4.79 Å². The molecule has 0 spiro atoms. The number of carbonyl (C=O) groups excluding carboxylic acids is 1. The highest BCUT2D eigenvalue weighted by Gasteiger charge is 2.42. The number of aromatic hydroxyl groups is 1. The molecule has 1 amide bonds. The fourth-order valence-corrected chi connectivity index (χ4v) is 2.46. The summed E-state index contributed by atoms with van der Waals surface area (Å²) in [6.45, 7) is 1.23. The number of nitrogens with zero attached hydrogens (tertiary/aromatic N) is 3. The van der Waals surface area contributed by atoms with E-state index in [1.165, 1.54) is 24.3 Å². The standard InChI is InChI=1S/C13H15N5O3/c1-21-10-6-8(7(14)5-9(10)19)16-11-12(15)17-3-2-4-18(17)13(11)20/h5-6,15,19H,2-4,14H2,1H3. The fraction of sp³-hybridized carbons (Fsp3) is 0.308. The Bertz CT molecular complexity index is 646. The number of amidine groups is 1. The Hall–Kier alpha value is -2.77. The zero-order valence-corrected chi connectivity index (χ0v) is 11.5. The maximum absolute atomic E-state index is 12.2. The lowest BCUT2D eigenvalue weighted by atomic mass is 10.2. The molecule has 0 radical (unpaired) electrons. The molecule has 2 aliphatic rings. The van der Waals surface area contributed by atoms with Crippen molar-refractivity contribution in [1.29, 1.82) is 5.41 Å². The molecule has 0 saturated carbocycles. The highest BCUT2D eigenvalue weighted by molar-refractivity contribution is 6.68. The van der Waals surface area contributed by atoms with Gasteiger partial charge >= 0.3 is 0 Å². The summed E-state index contributed by atoms with van der Waals surface area (Å²) in [5.41, 5.74) is 6.35. The second-order valence-electron chi connectivity index (χ2n) is 4.80. The van der Waals surface area contributed by atoms with Crippen LogP contribution in [0.4, 0.5) is 11.4 Å². The summed E-state index contributed by atoms with van der Waals surface area (Å²) in [6, 6.07) is 2.75. The molecule has 1 aromatic carbocycles. The molecule has 0 aliphatic carbocycles. The number of rotatable bonds is 2. The number of hydrazine groups is 1. The molecule has 0 aromatic heterocycles. The van der Waals surface area contributed by atoms with Crippen LogP contribution in [0.2, 0.25) is 0 Å². The highest BCUT2D eigenvalue weighted by atomic mass is 16.5. The van der Waals surface area contributed by atoms with Gasteiger partial charge in [0.1, 0.15) is 0 Å². The largest absolute Gasteiger partial charge is 0.504 e. The van der Waals surface area contributed by atoms with Gasteiger partial charge in [-0.05, 0) is 6.42 Å². The average Bonchev–Trinajstić information content (AvgIpc) is 3.01. The molecule has 21 heavy (non-hydrogen) atoms. The first-order valence-electron chi connectivity index (χ1n) is 6.46. The van der Waals surface area contributed by atoms with Crippen molar-refractivity contribution < 1.29 is 14.6 Å². The Morgan fingerprint density at radius 1 is 1.38 bits per heavy atom. The van der Waals surface area contributed by atoms with E-state index in [4.69, 9.17) is 15.9 Å². The van der Waals surface area contributed by atoms with Crippen molar-refractivity contribution in [2.24, 2.45) is 4.99 Å². The first kappa shape index (κ1) is 13.2. The van der Waals surface area contributed by atoms with Gasteiger partial charge < -0.3 is 15.6 Å². The number of anilines is 1. The molecular formula is C13H15N5O3. The van der Waals surface area contributed by atoms with Crippen LogP contribution in [0.25, 0.3) is 0 Å². The summed E-state index contributed by atoms with van der Waals surface area (Å²) in [6.07, 6.45) is 0.844. The predicted molar refractivity (Wildman–Crippen MR) is 76.9 cm³/mol. The fourth-order valence-electron chi connectivity index (χ4n) is 2.46. The molecule has 1 aromatic rings. The van der Waals surface area contributed by atoms with Crippen molar-refractivity contribution in [2.45, 2.75) is 6.42 Å². The van der Waals surface area contributed by atoms with Gasteiger partial charge in [0.25, 0.3) is 5.91 Å². The van der Waals surface area contributed by atoms with Gasteiger partial charge in [0, 0.05) is 25.2 Å². The monoisotopic (exact) mass is 289 g/mol. The van der Waals surface area contributed by atoms with E-state index in [0.29, 0.717) is 18.8 Å². The first-order chi connectivity index (χ1) is 10.0. The predicted octanol–water partition coefficient (Wildman–Crippen LogP) is 0.496. The smallest absolute Gasteiger partial charge is 0.294 e. The summed E-state index contributed by atoms with van der Waals surface area (Å²) in [5.74, 6) is -0.120. The van der Waals surface area contributed by atoms with Crippen LogP contribution >= 0.6 is 0 Å². The minimum absolute atomic E-state index is 0.0501. The van der Waals surface area contributed by atoms with Crippen LogP contribution in [0.3, 0.4) is 0 Å². The summed E-state index contributed by atoms with van der Waals surface area (Å²) in [7, 11) is 1.41. The molecule has 2 aliphatic heterocycles. The van der Waals surface area contributed by atoms with Crippen LogP contribution in [0.5, 0.6) is 11.5 Å². The van der Waals surface area contributed by atoms with E-state index < -0.39 is 0 Å². The van der Waals surface area contributed by atoms with Gasteiger partial charge in [0.2, 0.25) is 0 Å². The maximum atomic E-state index is 12.2. The second kappa shape index (κ2) is 4.65. The number of hydrogen-bond acceptors (Lipinski definition) is 6. The van der Waals surface area contributed by atoms with E-state index in [-0.39, 0.29) is 34.6 Å². The molecule has 2 heterocycles. The van der Waals surface area contributed by atoms with Crippen molar-refractivity contribution in [3.8, 4) is 11.5 Å². The van der Waals surface area contributed by atoms with E-state index in [1.54, 1.807) is 5.01 Å². The number of fused-ring (bicyclic) bond motifs is 1. The normalized spacial score (nSPS) is 19.6. The molecule has 4 N–H and O–H groups in total. The van der Waals surface area contributed by atoms with Crippen LogP contribution in [0.15, 0.2) is 17.1 Å². The SMILES string of the molecule is COc1cc(N=C2C(=N)N3CCCN3C2=O)c(N)cc1O. The number of methoxy groups -OCH3 is 1. The van der Waals surface area contributed by atoms with Crippen LogP contribution < -0.4 is 10.5 Å². The number of amides is 1. The molecule has 2 saturated heterocycles. The van der Waals surface area contributed by atoms with Crippen molar-refractivity contribution >= 4 is 28.8 Å². The van der Waals surface area contributed by atoms with Gasteiger partial charge in [-0.2, -0.15) is 0 Å². The Labute approximate surface area is 120 Å². The number of carbonyl (C=O) groups is 1. The Morgan fingerprint density at radius 2 is 2.10 bits per heavy atom. The molecule has 0 unspecified atom stereocenters. The van der Waals surface area contributed by atoms with Gasteiger partial charge in [0.15, 0.2) is 23.0 Å². The molecule has 8 heteroatoms. The molecule has 3 rings (SSSR count). The van der Waals surface area contributed by atoms with E-state index in [9.17, 15) is 9.90 Å². The number of benzene rings is 1. The number of hydrogen-bond donors (Lipinski definition) is 3. The number of phenolic OH excluding ortho intramolecular Hbond substituents is 1. The van der Waals surface area contributed by atoms with Gasteiger partial charge in [-0.25, -0.2) is 10.0 Å². The molecule has 8 nitrogen and oxygen atoms in total. The maximum Gasteiger partial charge on any atom is 0.294 e. The third-order valence-corrected chi connectivity index (χ3v) is 3.51. The highest BCUT2D eigenvalue weighted by Crippen LogP contribution is 2.36. The summed E-state index contributed by atoms with van der Waals surface area (Å²) < 4.78 is 5.00. The molecular weight excluding hydrogens is 274 g/mol. The lowest BCUT2D eigenvalue weighted by Gasteiger charge is -2.17. The number of nitrogens with one attached hydrogen (secondary N) is 1. The lowest BCUT2D eigenvalue weighted by molar-refractivity contribution is -0.129. The summed E-state index contributed by atoms with van der Waals surface area (Å²) in [5, 5.41) is 20.8. The number of aliphatic imine (C=N–C) groups is 1. The van der Waals surface area contributed by atoms with Crippen molar-refractivity contribution in [2.75, 3.05) is 25.9 Å². The van der Waals surface area contributed by atoms with E-state index in [0.717, 1.165) is 6.42 Å². The zero-order valence-electron chi connectivity index (χ0n) is 11.5. The number of nitrogens with two attached hydrogens (primary N) is 1. The quantitative estimate of drug-likeness (QED) is 0.685. The van der Waals surface area contributed by atoms with E-state index in [2.05, 4.69) is 4.99 Å². The van der Waals surface area contributed by atoms with E-state index >= 15 is 0 Å². The summed E-state index contributed by atoms with van der Waals surface area (Å²) >= 11 is 0. The van der Waals surface area contributed by atoms with Gasteiger partial charge in [-0.3, -0.25) is 15.2 Å². The molecule has 2 fully saturated rings. The van der Waals surface area contributed by atoms with E-state index in [1.807, 2.05) is 0 Å². The Morgan fingerprint density at radius 3 is 2.76 bits per heavy atom. The Kier molecular flexibility index (Phi) is 2.93. The number of phenols is 1. The minimum Gasteiger partial charge on any atom is -0.504 e. The lowest BCUT2D eigenvalue weighted by Crippen LogP contribution is -2.33. The summed E-state index contributed by atoms with van der Waals surface area (Å²) in [4.78, 5) is 16.4. The van der Waals surface area contributed by atoms with Crippen molar-refractivity contribution in [3.05, 3.63) is 12.1 Å². The van der Waals surface area contributed by atoms with Gasteiger partial charge in [-0.15, -0.1) is 0 Å². The van der Waals surface area contributed by atoms with Crippen molar-refractivity contribution in [3.63, 3.8) is 0 Å². The topological polar surface area (TPSA) is 115 Å². The molecule has 0 bridgehead atoms. The van der Waals surface area contributed by atoms with Crippen LogP contribution in [0, 0.1) is 5.41 Å². The second-order valence-corrected chi connectivity index (χ2v) is 4.80. The number of ether oxygens (including phenoxy) is 1. The minimum atomic E-state index is -0.302. The third kappa shape index (κ3) is 1.95. The molecule has 0 atom stereocenters. The van der Waals surface area contributed by atoms with Crippen LogP contribution in [0.1, 0.15) is 6.42 Å². The number of nitrogen functional groups attached to an aromatic ring is 1. The third-order valence-electron chi connectivity index (χ3n) is 3.51. The van der Waals surface area contributed by atoms with Gasteiger partial charge in [0.05, 0.1) is 18.5 Å². The van der Waals surface area contributed by atoms with Crippen LogP contribution in [-0.4, -0.2) is 52.8 Å². The van der Waals surface area contributed by atoms with Gasteiger partial charge in [-0.1, -0.05) is 0 Å². The zero-order chi connectivity index (χ0) is 15.1. The van der Waals surface area contributed by atoms with Crippen molar-refractivity contribution in [1.82, 2.24) is 10.0 Å². The Balaban J connectivity index is 2.03. The average molecular weight is 289 g/mol.